The topological polar surface area (TPSA) is 46.1 Å². The van der Waals surface area contributed by atoms with Gasteiger partial charge in [-0.3, -0.25) is 5.43 Å². The maximum Gasteiger partial charge on any atom is 0.301 e. The predicted molar refractivity (Wildman–Crippen MR) is 119 cm³/mol. The minimum Gasteiger partial charge on any atom is -0.494 e. The quantitative estimate of drug-likeness (QED) is 0.365. The molecule has 0 amide bonds. The summed E-state index contributed by atoms with van der Waals surface area (Å²) < 4.78 is 7.48. The maximum absolute atomic E-state index is 5.95. The van der Waals surface area contributed by atoms with Gasteiger partial charge in [0.1, 0.15) is 11.5 Å². The molecule has 28 heavy (non-hydrogen) atoms. The van der Waals surface area contributed by atoms with Crippen LogP contribution in [0.3, 0.4) is 0 Å². The molecule has 0 radical (unpaired) electrons. The van der Waals surface area contributed by atoms with E-state index in [0.717, 1.165) is 10.7 Å². The number of hydrazone groups is 1. The monoisotopic (exact) mass is 505 g/mol. The van der Waals surface area contributed by atoms with E-state index in [-0.39, 0.29) is 5.70 Å². The average Bonchev–Trinajstić information content (AvgIpc) is 2.59. The number of halogens is 6. The summed E-state index contributed by atoms with van der Waals surface area (Å²) in [6, 6.07) is 5.53. The molecule has 1 aliphatic heterocycles. The van der Waals surface area contributed by atoms with Crippen LogP contribution in [0.15, 0.2) is 41.1 Å². The molecule has 0 aliphatic carbocycles. The zero-order valence-corrected chi connectivity index (χ0v) is 19.4. The molecule has 2 rings (SSSR count). The van der Waals surface area contributed by atoms with Crippen molar-refractivity contribution in [2.24, 2.45) is 5.10 Å². The zero-order valence-electron chi connectivity index (χ0n) is 14.9. The van der Waals surface area contributed by atoms with Gasteiger partial charge in [0.2, 0.25) is 3.79 Å². The van der Waals surface area contributed by atoms with Crippen LogP contribution in [-0.2, 0) is 0 Å². The van der Waals surface area contributed by atoms with Crippen LogP contribution >= 0.6 is 69.6 Å². The van der Waals surface area contributed by atoms with Gasteiger partial charge in [0.25, 0.3) is 0 Å². The first-order chi connectivity index (χ1) is 13.0. The number of rotatable bonds is 6. The molecular weight excluding hydrogens is 491 g/mol. The van der Waals surface area contributed by atoms with Crippen LogP contribution in [0.25, 0.3) is 6.08 Å². The van der Waals surface area contributed by atoms with Crippen LogP contribution in [0.5, 0.6) is 11.5 Å². The highest BCUT2D eigenvalue weighted by molar-refractivity contribution is 6.69. The second-order valence-electron chi connectivity index (χ2n) is 5.41. The minimum atomic E-state index is -1.90. The fourth-order valence-electron chi connectivity index (χ4n) is 2.18. The molecular formula is C17H17Cl6N3O2. The summed E-state index contributed by atoms with van der Waals surface area (Å²) in [5, 5.41) is 5.16. The van der Waals surface area contributed by atoms with Crippen molar-refractivity contribution in [3.05, 3.63) is 41.6 Å². The van der Waals surface area contributed by atoms with Gasteiger partial charge in [0.05, 0.1) is 24.6 Å². The summed E-state index contributed by atoms with van der Waals surface area (Å²) in [7, 11) is 0. The van der Waals surface area contributed by atoms with Crippen LogP contribution in [0, 0.1) is 0 Å². The molecule has 1 aliphatic rings. The largest absolute Gasteiger partial charge is 0.494 e. The Bertz CT molecular complexity index is 760. The van der Waals surface area contributed by atoms with Gasteiger partial charge in [0, 0.05) is 6.07 Å². The average molecular weight is 508 g/mol. The summed E-state index contributed by atoms with van der Waals surface area (Å²) in [6.45, 7) is 4.87. The molecule has 0 atom stereocenters. The Morgan fingerprint density at radius 2 is 1.54 bits per heavy atom. The lowest BCUT2D eigenvalue weighted by molar-refractivity contribution is 0.216. The summed E-state index contributed by atoms with van der Waals surface area (Å²) >= 11 is 35.5. The highest BCUT2D eigenvalue weighted by Gasteiger charge is 2.37. The maximum atomic E-state index is 5.95. The highest BCUT2D eigenvalue weighted by Crippen LogP contribution is 2.38. The van der Waals surface area contributed by atoms with E-state index in [0.29, 0.717) is 30.4 Å². The van der Waals surface area contributed by atoms with Crippen molar-refractivity contribution in [3.63, 3.8) is 0 Å². The van der Waals surface area contributed by atoms with E-state index < -0.39 is 7.71 Å². The van der Waals surface area contributed by atoms with E-state index in [2.05, 4.69) is 10.5 Å². The number of hydrogen-bond acceptors (Lipinski definition) is 5. The predicted octanol–water partition coefficient (Wildman–Crippen LogP) is 6.26. The third kappa shape index (κ3) is 6.97. The molecule has 0 fully saturated rings. The van der Waals surface area contributed by atoms with E-state index >= 15 is 0 Å². The minimum absolute atomic E-state index is 0.177. The number of ether oxygens (including phenoxy) is 2. The lowest BCUT2D eigenvalue weighted by Crippen LogP contribution is -2.47. The molecule has 11 heteroatoms. The molecule has 1 N–H and O–H groups in total. The van der Waals surface area contributed by atoms with Crippen LogP contribution in [0.4, 0.5) is 0 Å². The Labute approximate surface area is 193 Å². The number of nitrogens with zero attached hydrogens (tertiary/aromatic N) is 2. The number of allylic oxidation sites excluding steroid dienone is 3. The molecule has 0 saturated carbocycles. The van der Waals surface area contributed by atoms with Gasteiger partial charge < -0.3 is 9.47 Å². The molecule has 5 nitrogen and oxygen atoms in total. The summed E-state index contributed by atoms with van der Waals surface area (Å²) in [5.41, 5.74) is 4.05. The summed E-state index contributed by atoms with van der Waals surface area (Å²) in [4.78, 5) is 0. The third-order valence-corrected chi connectivity index (χ3v) is 4.34. The molecule has 0 unspecified atom stereocenters. The normalized spacial score (nSPS) is 15.2. The Morgan fingerprint density at radius 1 is 0.964 bits per heavy atom. The van der Waals surface area contributed by atoms with Gasteiger partial charge in [-0.15, -0.1) is 0 Å². The van der Waals surface area contributed by atoms with E-state index in [1.54, 1.807) is 12.2 Å². The number of alkyl halides is 6. The molecule has 0 aromatic heterocycles. The van der Waals surface area contributed by atoms with E-state index in [1.165, 1.54) is 6.08 Å². The standard InChI is InChI=1S/C17H17Cl6N3O2/c1-3-27-13-7-11(8-14(10-13)28-4-2)5-6-12-9-15(16(18,19)20)25-26(24-12)17(21,22)23/h5-10,25H,3-4H2,1-2H3. The van der Waals surface area contributed by atoms with Gasteiger partial charge in [-0.2, -0.15) is 10.2 Å². The molecule has 154 valence electrons. The van der Waals surface area contributed by atoms with E-state index in [1.807, 2.05) is 32.0 Å². The first-order valence-corrected chi connectivity index (χ1v) is 10.4. The lowest BCUT2D eigenvalue weighted by atomic mass is 10.1. The van der Waals surface area contributed by atoms with Crippen LogP contribution in [0.2, 0.25) is 0 Å². The second-order valence-corrected chi connectivity index (χ2v) is 9.91. The molecule has 0 saturated heterocycles. The van der Waals surface area contributed by atoms with Crippen LogP contribution in [0.1, 0.15) is 19.4 Å². The van der Waals surface area contributed by atoms with Gasteiger partial charge in [-0.05, 0) is 43.7 Å². The van der Waals surface area contributed by atoms with Gasteiger partial charge in [-0.1, -0.05) is 75.7 Å². The Morgan fingerprint density at radius 3 is 2.00 bits per heavy atom. The first-order valence-electron chi connectivity index (χ1n) is 8.12. The number of hydrazine groups is 1. The Kier molecular flexibility index (Phi) is 8.32. The second kappa shape index (κ2) is 9.88. The van der Waals surface area contributed by atoms with Crippen LogP contribution in [-0.4, -0.2) is 31.8 Å². The zero-order chi connectivity index (χ0) is 20.9. The molecule has 0 bridgehead atoms. The number of hydrogen-bond donors (Lipinski definition) is 1. The van der Waals surface area contributed by atoms with Gasteiger partial charge in [0.15, 0.2) is 0 Å². The van der Waals surface area contributed by atoms with Crippen molar-refractivity contribution in [2.75, 3.05) is 13.2 Å². The lowest BCUT2D eigenvalue weighted by Gasteiger charge is -2.33. The third-order valence-electron chi connectivity index (χ3n) is 3.25. The fraction of sp³-hybridized carbons (Fsp3) is 0.353. The molecule has 1 aromatic rings. The molecule has 0 spiro atoms. The number of benzene rings is 1. The van der Waals surface area contributed by atoms with Crippen LogP contribution < -0.4 is 14.9 Å². The van der Waals surface area contributed by atoms with Crippen molar-refractivity contribution < 1.29 is 9.47 Å². The van der Waals surface area contributed by atoms with Gasteiger partial charge >= 0.3 is 3.92 Å². The van der Waals surface area contributed by atoms with Crippen molar-refractivity contribution in [1.29, 1.82) is 0 Å². The van der Waals surface area contributed by atoms with E-state index in [9.17, 15) is 0 Å². The highest BCUT2D eigenvalue weighted by atomic mass is 35.6. The Hall–Kier alpha value is -0.690. The van der Waals surface area contributed by atoms with Gasteiger partial charge in [-0.25, -0.2) is 0 Å². The first kappa shape index (κ1) is 23.6. The smallest absolute Gasteiger partial charge is 0.301 e. The molecule has 1 aromatic carbocycles. The summed E-state index contributed by atoms with van der Waals surface area (Å²) in [5.74, 6) is 1.36. The number of nitrogens with one attached hydrogen (secondary N) is 1. The van der Waals surface area contributed by atoms with Crippen molar-refractivity contribution in [3.8, 4) is 11.5 Å². The Balaban J connectivity index is 2.36. The molecule has 1 heterocycles. The summed E-state index contributed by atoms with van der Waals surface area (Å²) in [6.07, 6.45) is 5.01. The van der Waals surface area contributed by atoms with Crippen molar-refractivity contribution in [1.82, 2.24) is 10.5 Å². The van der Waals surface area contributed by atoms with Crippen molar-refractivity contribution in [2.45, 2.75) is 21.6 Å². The SMILES string of the molecule is CCOc1cc(C=CC2=NN(C(Cl)(Cl)Cl)NC(C(Cl)(Cl)Cl)=C2)cc(OCC)c1. The van der Waals surface area contributed by atoms with Crippen molar-refractivity contribution >= 4 is 81.4 Å². The fourth-order valence-corrected chi connectivity index (χ4v) is 2.71. The van der Waals surface area contributed by atoms with E-state index in [4.69, 9.17) is 79.1 Å².